The van der Waals surface area contributed by atoms with Crippen LogP contribution in [0, 0.1) is 0 Å². The fourth-order valence-electron chi connectivity index (χ4n) is 7.76. The van der Waals surface area contributed by atoms with Crippen molar-refractivity contribution in [2.45, 2.75) is 0 Å². The summed E-state index contributed by atoms with van der Waals surface area (Å²) in [5, 5.41) is 7.26. The van der Waals surface area contributed by atoms with E-state index in [2.05, 4.69) is 163 Å². The Labute approximate surface area is 301 Å². The summed E-state index contributed by atoms with van der Waals surface area (Å²) < 4.78 is 11.5. The van der Waals surface area contributed by atoms with Crippen LogP contribution in [0.25, 0.3) is 99.5 Å². The largest absolute Gasteiger partial charge is 0.464 e. The van der Waals surface area contributed by atoms with Gasteiger partial charge in [-0.3, -0.25) is 0 Å². The molecule has 2 aromatic heterocycles. The van der Waals surface area contributed by atoms with Crippen molar-refractivity contribution in [3.63, 3.8) is 0 Å². The van der Waals surface area contributed by atoms with Gasteiger partial charge in [-0.25, -0.2) is 4.98 Å². The molecule has 10 aromatic rings. The first-order chi connectivity index (χ1) is 25.8. The molecule has 0 spiro atoms. The Hall–Kier alpha value is -6.97. The molecule has 0 saturated carbocycles. The van der Waals surface area contributed by atoms with E-state index in [1.54, 1.807) is 12.5 Å². The van der Waals surface area contributed by atoms with E-state index in [4.69, 9.17) is 8.83 Å². The lowest BCUT2D eigenvalue weighted by molar-refractivity contribution is 0.572. The first kappa shape index (κ1) is 29.9. The lowest BCUT2D eigenvalue weighted by atomic mass is 9.84. The standard InChI is InChI=1S/C49H31NO2/c1-2-15-40-33(9-1)10-7-18-41(40)34-22-20-32(21-23-34)35-24-25-44-45(29-35)49(39-14-5-11-36(27-39)46-19-8-26-51-46)43-17-4-3-16-42(43)48(44)38-13-6-12-37(28-38)47-30-50-31-52-47/h1-31H. The monoisotopic (exact) mass is 665 g/mol. The summed E-state index contributed by atoms with van der Waals surface area (Å²) >= 11 is 0. The van der Waals surface area contributed by atoms with E-state index in [0.29, 0.717) is 0 Å². The van der Waals surface area contributed by atoms with Gasteiger partial charge >= 0.3 is 0 Å². The highest BCUT2D eigenvalue weighted by molar-refractivity contribution is 6.22. The normalized spacial score (nSPS) is 11.5. The Morgan fingerprint density at radius 2 is 0.942 bits per heavy atom. The second-order valence-electron chi connectivity index (χ2n) is 13.2. The predicted octanol–water partition coefficient (Wildman–Crippen LogP) is 13.7. The van der Waals surface area contributed by atoms with Crippen LogP contribution in [0.5, 0.6) is 0 Å². The third-order valence-corrected chi connectivity index (χ3v) is 10.2. The Kier molecular flexibility index (Phi) is 7.14. The molecule has 0 aliphatic rings. The predicted molar refractivity (Wildman–Crippen MR) is 214 cm³/mol. The summed E-state index contributed by atoms with van der Waals surface area (Å²) in [6.07, 6.45) is 4.98. The summed E-state index contributed by atoms with van der Waals surface area (Å²) in [4.78, 5) is 4.17. The van der Waals surface area contributed by atoms with Gasteiger partial charge in [-0.15, -0.1) is 0 Å². The van der Waals surface area contributed by atoms with Crippen LogP contribution in [0.15, 0.2) is 198 Å². The molecule has 0 aliphatic heterocycles. The van der Waals surface area contributed by atoms with Crippen molar-refractivity contribution in [1.29, 1.82) is 0 Å². The smallest absolute Gasteiger partial charge is 0.181 e. The molecular weight excluding hydrogens is 635 g/mol. The summed E-state index contributed by atoms with van der Waals surface area (Å²) in [5.74, 6) is 1.60. The average molecular weight is 666 g/mol. The SMILES string of the molecule is c1cc(-c2cnco2)cc(-c2c3ccccc3c(-c3cccc(-c4ccco4)c3)c3cc(-c4ccc(-c5cccc6ccccc56)cc4)ccc23)c1. The quantitative estimate of drug-likeness (QED) is 0.166. The molecule has 0 saturated heterocycles. The molecule has 52 heavy (non-hydrogen) atoms. The first-order valence-electron chi connectivity index (χ1n) is 17.5. The van der Waals surface area contributed by atoms with E-state index in [-0.39, 0.29) is 0 Å². The first-order valence-corrected chi connectivity index (χ1v) is 17.5. The average Bonchev–Trinajstić information content (AvgIpc) is 3.96. The Balaban J connectivity index is 1.20. The Morgan fingerprint density at radius 1 is 0.346 bits per heavy atom. The second kappa shape index (κ2) is 12.4. The third kappa shape index (κ3) is 5.10. The van der Waals surface area contributed by atoms with Crippen LogP contribution >= 0.6 is 0 Å². The molecule has 0 atom stereocenters. The zero-order chi connectivity index (χ0) is 34.4. The molecule has 10 rings (SSSR count). The van der Waals surface area contributed by atoms with Gasteiger partial charge in [0.2, 0.25) is 0 Å². The zero-order valence-corrected chi connectivity index (χ0v) is 28.2. The molecule has 0 fully saturated rings. The molecule has 0 unspecified atom stereocenters. The molecule has 8 aromatic carbocycles. The molecule has 0 radical (unpaired) electrons. The zero-order valence-electron chi connectivity index (χ0n) is 28.2. The van der Waals surface area contributed by atoms with Gasteiger partial charge in [0.05, 0.1) is 12.5 Å². The number of aromatic nitrogens is 1. The molecule has 3 nitrogen and oxygen atoms in total. The maximum Gasteiger partial charge on any atom is 0.181 e. The van der Waals surface area contributed by atoms with Crippen molar-refractivity contribution in [3.05, 3.63) is 189 Å². The number of nitrogens with zero attached hydrogens (tertiary/aromatic N) is 1. The van der Waals surface area contributed by atoms with E-state index in [0.717, 1.165) is 39.3 Å². The van der Waals surface area contributed by atoms with Crippen LogP contribution in [-0.2, 0) is 0 Å². The lowest BCUT2D eigenvalue weighted by Gasteiger charge is -2.19. The van der Waals surface area contributed by atoms with Crippen LogP contribution in [0.2, 0.25) is 0 Å². The van der Waals surface area contributed by atoms with E-state index >= 15 is 0 Å². The van der Waals surface area contributed by atoms with E-state index in [1.165, 1.54) is 66.5 Å². The molecule has 0 N–H and O–H groups in total. The second-order valence-corrected chi connectivity index (χ2v) is 13.2. The number of hydrogen-bond acceptors (Lipinski definition) is 3. The Morgan fingerprint density at radius 3 is 1.65 bits per heavy atom. The van der Waals surface area contributed by atoms with Crippen molar-refractivity contribution >= 4 is 32.3 Å². The van der Waals surface area contributed by atoms with Crippen molar-refractivity contribution < 1.29 is 8.83 Å². The maximum absolute atomic E-state index is 5.83. The summed E-state index contributed by atoms with van der Waals surface area (Å²) in [6.45, 7) is 0. The molecule has 2 heterocycles. The molecule has 244 valence electrons. The van der Waals surface area contributed by atoms with Crippen molar-refractivity contribution in [2.75, 3.05) is 0 Å². The van der Waals surface area contributed by atoms with E-state index < -0.39 is 0 Å². The van der Waals surface area contributed by atoms with Gasteiger partial charge in [-0.1, -0.05) is 140 Å². The molecule has 0 bridgehead atoms. The number of rotatable bonds is 6. The van der Waals surface area contributed by atoms with Gasteiger partial charge in [0, 0.05) is 11.1 Å². The van der Waals surface area contributed by atoms with Gasteiger partial charge in [-0.2, -0.15) is 0 Å². The number of hydrogen-bond donors (Lipinski definition) is 0. The van der Waals surface area contributed by atoms with Crippen LogP contribution in [0.1, 0.15) is 0 Å². The molecular formula is C49H31NO2. The van der Waals surface area contributed by atoms with E-state index in [9.17, 15) is 0 Å². The minimum absolute atomic E-state index is 0.746. The van der Waals surface area contributed by atoms with Gasteiger partial charge in [0.25, 0.3) is 0 Å². The highest BCUT2D eigenvalue weighted by atomic mass is 16.3. The summed E-state index contributed by atoms with van der Waals surface area (Å²) in [6, 6.07) is 61.0. The lowest BCUT2D eigenvalue weighted by Crippen LogP contribution is -1.92. The molecule has 3 heteroatoms. The fraction of sp³-hybridized carbons (Fsp3) is 0. The summed E-state index contributed by atoms with van der Waals surface area (Å²) in [5.41, 5.74) is 11.5. The van der Waals surface area contributed by atoms with Crippen LogP contribution in [0.4, 0.5) is 0 Å². The number of oxazole rings is 1. The highest BCUT2D eigenvalue weighted by Crippen LogP contribution is 2.46. The number of furan rings is 1. The van der Waals surface area contributed by atoms with Crippen molar-refractivity contribution in [2.24, 2.45) is 0 Å². The van der Waals surface area contributed by atoms with Crippen LogP contribution in [0.3, 0.4) is 0 Å². The van der Waals surface area contributed by atoms with Crippen LogP contribution in [-0.4, -0.2) is 4.98 Å². The maximum atomic E-state index is 5.83. The van der Waals surface area contributed by atoms with Gasteiger partial charge in [-0.05, 0) is 107 Å². The van der Waals surface area contributed by atoms with Crippen LogP contribution < -0.4 is 0 Å². The third-order valence-electron chi connectivity index (χ3n) is 10.2. The number of benzene rings is 8. The van der Waals surface area contributed by atoms with Gasteiger partial charge in [0.15, 0.2) is 12.2 Å². The van der Waals surface area contributed by atoms with Gasteiger partial charge < -0.3 is 8.83 Å². The summed E-state index contributed by atoms with van der Waals surface area (Å²) in [7, 11) is 0. The van der Waals surface area contributed by atoms with Crippen molar-refractivity contribution in [3.8, 4) is 67.2 Å². The van der Waals surface area contributed by atoms with E-state index in [1.807, 2.05) is 12.1 Å². The van der Waals surface area contributed by atoms with Gasteiger partial charge in [0.1, 0.15) is 5.76 Å². The highest BCUT2D eigenvalue weighted by Gasteiger charge is 2.19. The minimum atomic E-state index is 0.746. The Bertz CT molecular complexity index is 2880. The number of fused-ring (bicyclic) bond motifs is 3. The molecule has 0 aliphatic carbocycles. The topological polar surface area (TPSA) is 39.2 Å². The minimum Gasteiger partial charge on any atom is -0.464 e. The fourth-order valence-corrected chi connectivity index (χ4v) is 7.76. The van der Waals surface area contributed by atoms with Crippen molar-refractivity contribution in [1.82, 2.24) is 4.98 Å². The molecule has 0 amide bonds.